The molecule has 2 aromatic heterocycles. The molecule has 0 aromatic carbocycles. The molecule has 1 aliphatic heterocycles. The van der Waals surface area contributed by atoms with Gasteiger partial charge in [-0.2, -0.15) is 5.26 Å². The Morgan fingerprint density at radius 3 is 2.79 bits per heavy atom. The van der Waals surface area contributed by atoms with Crippen LogP contribution in [0.2, 0.25) is 0 Å². The Balaban J connectivity index is 1.32. The summed E-state index contributed by atoms with van der Waals surface area (Å²) in [5.41, 5.74) is 7.82. The Morgan fingerprint density at radius 1 is 1.24 bits per heavy atom. The molecule has 1 aliphatic carbocycles. The second-order valence-electron chi connectivity index (χ2n) is 8.02. The minimum Gasteiger partial charge on any atom is -0.476 e. The Bertz CT molecular complexity index is 853. The van der Waals surface area contributed by atoms with Crippen molar-refractivity contribution >= 4 is 11.4 Å². The summed E-state index contributed by atoms with van der Waals surface area (Å²) in [6, 6.07) is 10.2. The number of pyridine rings is 2. The molecule has 0 radical (unpaired) electrons. The fourth-order valence-electron chi connectivity index (χ4n) is 4.22. The molecule has 0 spiro atoms. The van der Waals surface area contributed by atoms with Crippen molar-refractivity contribution in [1.29, 1.82) is 5.26 Å². The van der Waals surface area contributed by atoms with Crippen molar-refractivity contribution in [3.05, 3.63) is 42.4 Å². The number of hydrogen-bond acceptors (Lipinski definition) is 7. The zero-order valence-electron chi connectivity index (χ0n) is 16.7. The van der Waals surface area contributed by atoms with Gasteiger partial charge in [0.15, 0.2) is 0 Å². The van der Waals surface area contributed by atoms with Gasteiger partial charge in [0.2, 0.25) is 5.88 Å². The monoisotopic (exact) mass is 392 g/mol. The number of nitriles is 1. The largest absolute Gasteiger partial charge is 0.476 e. The van der Waals surface area contributed by atoms with E-state index in [2.05, 4.69) is 26.3 Å². The van der Waals surface area contributed by atoms with Gasteiger partial charge in [0, 0.05) is 24.8 Å². The summed E-state index contributed by atoms with van der Waals surface area (Å²) in [7, 11) is 0. The van der Waals surface area contributed by atoms with E-state index in [4.69, 9.17) is 10.5 Å². The van der Waals surface area contributed by atoms with Crippen LogP contribution in [0.5, 0.6) is 5.88 Å². The van der Waals surface area contributed by atoms with E-state index in [1.807, 2.05) is 24.3 Å². The van der Waals surface area contributed by atoms with Gasteiger partial charge < -0.3 is 15.8 Å². The van der Waals surface area contributed by atoms with Crippen LogP contribution < -0.4 is 15.8 Å². The number of rotatable bonds is 7. The van der Waals surface area contributed by atoms with Crippen LogP contribution in [-0.2, 0) is 5.41 Å². The van der Waals surface area contributed by atoms with Gasteiger partial charge in [-0.25, -0.2) is 4.98 Å². The first kappa shape index (κ1) is 19.5. The summed E-state index contributed by atoms with van der Waals surface area (Å²) >= 11 is 0. The van der Waals surface area contributed by atoms with Gasteiger partial charge in [0.25, 0.3) is 0 Å². The van der Waals surface area contributed by atoms with E-state index in [0.717, 1.165) is 31.0 Å². The molecule has 0 atom stereocenters. The second kappa shape index (κ2) is 8.66. The zero-order valence-corrected chi connectivity index (χ0v) is 16.7. The molecule has 7 nitrogen and oxygen atoms in total. The van der Waals surface area contributed by atoms with Gasteiger partial charge in [0.1, 0.15) is 12.0 Å². The van der Waals surface area contributed by atoms with Crippen molar-refractivity contribution in [3.63, 3.8) is 0 Å². The highest BCUT2D eigenvalue weighted by atomic mass is 16.5. The molecule has 2 fully saturated rings. The lowest BCUT2D eigenvalue weighted by atomic mass is 9.64. The maximum atomic E-state index is 9.70. The highest BCUT2D eigenvalue weighted by molar-refractivity contribution is 5.67. The smallest absolute Gasteiger partial charge is 0.215 e. The number of ether oxygens (including phenoxy) is 1. The fraction of sp³-hybridized carbons (Fsp3) is 0.500. The van der Waals surface area contributed by atoms with E-state index in [-0.39, 0.29) is 6.04 Å². The topological polar surface area (TPSA) is 100 Å². The number of nitrogens with zero attached hydrogens (tertiary/aromatic N) is 4. The van der Waals surface area contributed by atoms with Crippen molar-refractivity contribution in [1.82, 2.24) is 14.9 Å². The van der Waals surface area contributed by atoms with Crippen molar-refractivity contribution in [2.24, 2.45) is 0 Å². The molecule has 0 unspecified atom stereocenters. The standard InChI is InChI=1S/C22H28N6O/c23-16-22(20-6-2-3-7-25-20)13-17(14-22)27-19-12-21(26-15-18(19)24)29-11-10-28-8-4-1-5-9-28/h2-3,6-7,12,15,17H,1,4-5,8-11,13-14,24H2,(H,26,27)/t17-,22+. The average Bonchev–Trinajstić information content (AvgIpc) is 2.74. The lowest BCUT2D eigenvalue weighted by molar-refractivity contribution is 0.180. The van der Waals surface area contributed by atoms with Crippen molar-refractivity contribution in [3.8, 4) is 11.9 Å². The van der Waals surface area contributed by atoms with Crippen LogP contribution in [0.25, 0.3) is 0 Å². The third kappa shape index (κ3) is 4.43. The molecule has 3 heterocycles. The number of nitrogen functional groups attached to an aromatic ring is 1. The summed E-state index contributed by atoms with van der Waals surface area (Å²) in [5.74, 6) is 0.578. The quantitative estimate of drug-likeness (QED) is 0.747. The minimum absolute atomic E-state index is 0.169. The minimum atomic E-state index is -0.519. The molecule has 152 valence electrons. The highest BCUT2D eigenvalue weighted by Crippen LogP contribution is 2.44. The van der Waals surface area contributed by atoms with E-state index in [0.29, 0.717) is 31.0 Å². The number of nitrogens with one attached hydrogen (secondary N) is 1. The molecule has 3 N–H and O–H groups in total. The number of likely N-dealkylation sites (tertiary alicyclic amines) is 1. The number of piperidine rings is 1. The predicted molar refractivity (Wildman–Crippen MR) is 113 cm³/mol. The van der Waals surface area contributed by atoms with Crippen molar-refractivity contribution in [2.75, 3.05) is 37.3 Å². The van der Waals surface area contributed by atoms with Gasteiger partial charge in [0.05, 0.1) is 29.3 Å². The van der Waals surface area contributed by atoms with Crippen LogP contribution in [0.1, 0.15) is 37.8 Å². The molecular weight excluding hydrogens is 364 g/mol. The molecule has 1 saturated carbocycles. The lowest BCUT2D eigenvalue weighted by Crippen LogP contribution is -2.48. The van der Waals surface area contributed by atoms with E-state index < -0.39 is 5.41 Å². The Labute approximate surface area is 171 Å². The summed E-state index contributed by atoms with van der Waals surface area (Å²) < 4.78 is 5.86. The van der Waals surface area contributed by atoms with Gasteiger partial charge in [-0.1, -0.05) is 12.5 Å². The second-order valence-corrected chi connectivity index (χ2v) is 8.02. The summed E-state index contributed by atoms with van der Waals surface area (Å²) in [5, 5.41) is 13.2. The Kier molecular flexibility index (Phi) is 5.81. The Morgan fingerprint density at radius 2 is 2.07 bits per heavy atom. The number of nitrogens with two attached hydrogens (primary N) is 1. The van der Waals surface area contributed by atoms with Gasteiger partial charge in [-0.05, 0) is 50.9 Å². The van der Waals surface area contributed by atoms with Crippen LogP contribution in [0.3, 0.4) is 0 Å². The van der Waals surface area contributed by atoms with E-state index in [9.17, 15) is 5.26 Å². The molecule has 2 aromatic rings. The van der Waals surface area contributed by atoms with Gasteiger partial charge >= 0.3 is 0 Å². The highest BCUT2D eigenvalue weighted by Gasteiger charge is 2.47. The summed E-state index contributed by atoms with van der Waals surface area (Å²) in [6.45, 7) is 3.86. The maximum Gasteiger partial charge on any atom is 0.215 e. The first-order valence-corrected chi connectivity index (χ1v) is 10.4. The number of aromatic nitrogens is 2. The van der Waals surface area contributed by atoms with Crippen LogP contribution in [-0.4, -0.2) is 47.2 Å². The SMILES string of the molecule is N#C[C@]1(c2ccccn2)C[C@@H](Nc2cc(OCCN3CCCCC3)ncc2N)C1. The fourth-order valence-corrected chi connectivity index (χ4v) is 4.22. The van der Waals surface area contributed by atoms with Crippen molar-refractivity contribution in [2.45, 2.75) is 43.6 Å². The van der Waals surface area contributed by atoms with E-state index >= 15 is 0 Å². The maximum absolute atomic E-state index is 9.70. The molecule has 29 heavy (non-hydrogen) atoms. The van der Waals surface area contributed by atoms with E-state index in [1.165, 1.54) is 19.3 Å². The van der Waals surface area contributed by atoms with Crippen LogP contribution in [0.15, 0.2) is 36.7 Å². The average molecular weight is 393 g/mol. The molecule has 7 heteroatoms. The van der Waals surface area contributed by atoms with E-state index in [1.54, 1.807) is 12.4 Å². The van der Waals surface area contributed by atoms with Crippen LogP contribution in [0.4, 0.5) is 11.4 Å². The molecule has 0 bridgehead atoms. The summed E-state index contributed by atoms with van der Waals surface area (Å²) in [4.78, 5) is 11.1. The Hall–Kier alpha value is -2.85. The lowest BCUT2D eigenvalue weighted by Gasteiger charge is -2.43. The first-order chi connectivity index (χ1) is 14.2. The first-order valence-electron chi connectivity index (χ1n) is 10.4. The molecule has 4 rings (SSSR count). The molecule has 2 aliphatic rings. The third-order valence-corrected chi connectivity index (χ3v) is 5.93. The molecule has 1 saturated heterocycles. The number of anilines is 2. The predicted octanol–water partition coefficient (Wildman–Crippen LogP) is 2.96. The number of hydrogen-bond donors (Lipinski definition) is 2. The molecule has 0 amide bonds. The zero-order chi connectivity index (χ0) is 20.1. The van der Waals surface area contributed by atoms with Gasteiger partial charge in [-0.15, -0.1) is 0 Å². The summed E-state index contributed by atoms with van der Waals surface area (Å²) in [6.07, 6.45) is 8.66. The van der Waals surface area contributed by atoms with Gasteiger partial charge in [-0.3, -0.25) is 9.88 Å². The molecular formula is C22H28N6O. The third-order valence-electron chi connectivity index (χ3n) is 5.93. The van der Waals surface area contributed by atoms with Crippen LogP contribution >= 0.6 is 0 Å². The normalized spacial score (nSPS) is 24.3. The van der Waals surface area contributed by atoms with Crippen molar-refractivity contribution < 1.29 is 4.74 Å². The van der Waals surface area contributed by atoms with Crippen LogP contribution in [0, 0.1) is 11.3 Å².